The Balaban J connectivity index is 2.03. The normalized spacial score (nSPS) is 11.4. The van der Waals surface area contributed by atoms with E-state index in [-0.39, 0.29) is 5.56 Å². The third-order valence-corrected chi connectivity index (χ3v) is 3.67. The fraction of sp³-hybridized carbons (Fsp3) is 0.0714. The van der Waals surface area contributed by atoms with Gasteiger partial charge in [0.25, 0.3) is 5.56 Å². The van der Waals surface area contributed by atoms with Gasteiger partial charge < -0.3 is 0 Å². The second-order valence-corrected chi connectivity index (χ2v) is 4.97. The van der Waals surface area contributed by atoms with E-state index in [2.05, 4.69) is 9.97 Å². The lowest BCUT2D eigenvalue weighted by molar-refractivity contribution is 1.02. The van der Waals surface area contributed by atoms with Crippen molar-refractivity contribution in [3.8, 4) is 0 Å². The summed E-state index contributed by atoms with van der Waals surface area (Å²) in [5, 5.41) is 1.93. The summed E-state index contributed by atoms with van der Waals surface area (Å²) in [6.45, 7) is 1.90. The molecule has 3 aromatic heterocycles. The first-order chi connectivity index (χ1) is 9.24. The average molecular weight is 269 g/mol. The summed E-state index contributed by atoms with van der Waals surface area (Å²) in [6.07, 6.45) is 7.21. The zero-order chi connectivity index (χ0) is 13.2. The Morgan fingerprint density at radius 3 is 3.05 bits per heavy atom. The summed E-state index contributed by atoms with van der Waals surface area (Å²) in [4.78, 5) is 21.2. The number of aryl methyl sites for hydroxylation is 1. The quantitative estimate of drug-likeness (QED) is 0.718. The summed E-state index contributed by atoms with van der Waals surface area (Å²) in [7, 11) is 0. The molecule has 3 rings (SSSR count). The van der Waals surface area contributed by atoms with Gasteiger partial charge in [-0.2, -0.15) is 0 Å². The summed E-state index contributed by atoms with van der Waals surface area (Å²) >= 11 is 1.47. The fourth-order valence-electron chi connectivity index (χ4n) is 1.81. The van der Waals surface area contributed by atoms with Crippen molar-refractivity contribution in [2.24, 2.45) is 0 Å². The molecule has 0 aromatic carbocycles. The van der Waals surface area contributed by atoms with Crippen LogP contribution in [0, 0.1) is 6.92 Å². The van der Waals surface area contributed by atoms with Crippen molar-refractivity contribution in [2.45, 2.75) is 6.92 Å². The lowest BCUT2D eigenvalue weighted by atomic mass is 10.2. The van der Waals surface area contributed by atoms with E-state index >= 15 is 0 Å². The van der Waals surface area contributed by atoms with Gasteiger partial charge in [-0.15, -0.1) is 11.3 Å². The zero-order valence-electron chi connectivity index (χ0n) is 10.3. The minimum absolute atomic E-state index is 0.0467. The third-order valence-electron chi connectivity index (χ3n) is 2.73. The first-order valence-corrected chi connectivity index (χ1v) is 6.68. The summed E-state index contributed by atoms with van der Waals surface area (Å²) in [6, 6.07) is 5.36. The van der Waals surface area contributed by atoms with Gasteiger partial charge in [0.1, 0.15) is 0 Å². The Morgan fingerprint density at radius 1 is 1.37 bits per heavy atom. The minimum Gasteiger partial charge on any atom is -0.269 e. The number of hydrogen-bond donors (Lipinski definition) is 0. The van der Waals surface area contributed by atoms with Crippen LogP contribution in [0.1, 0.15) is 17.0 Å². The van der Waals surface area contributed by atoms with Gasteiger partial charge in [0.2, 0.25) is 0 Å². The minimum atomic E-state index is -0.0467. The van der Waals surface area contributed by atoms with Crippen LogP contribution in [-0.2, 0) is 0 Å². The molecule has 5 heteroatoms. The maximum Gasteiger partial charge on any atom is 0.259 e. The van der Waals surface area contributed by atoms with Crippen molar-refractivity contribution < 1.29 is 0 Å². The number of rotatable bonds is 2. The van der Waals surface area contributed by atoms with Gasteiger partial charge >= 0.3 is 0 Å². The molecular weight excluding hydrogens is 258 g/mol. The Kier molecular flexibility index (Phi) is 2.97. The topological polar surface area (TPSA) is 47.3 Å². The van der Waals surface area contributed by atoms with Gasteiger partial charge in [0.15, 0.2) is 4.96 Å². The van der Waals surface area contributed by atoms with E-state index in [1.165, 1.54) is 11.3 Å². The van der Waals surface area contributed by atoms with Gasteiger partial charge in [-0.05, 0) is 24.6 Å². The third kappa shape index (κ3) is 2.32. The van der Waals surface area contributed by atoms with Crippen molar-refractivity contribution in [1.29, 1.82) is 0 Å². The standard InChI is InChI=1S/C14H11N3OS/c1-10-9-19-14-16-12(7-13(18)17(10)14)5-4-11-3-2-6-15-8-11/h2-9H,1H3/b5-4+. The summed E-state index contributed by atoms with van der Waals surface area (Å²) < 4.78 is 1.62. The molecule has 0 saturated heterocycles. The van der Waals surface area contributed by atoms with Crippen LogP contribution >= 0.6 is 11.3 Å². The lowest BCUT2D eigenvalue weighted by Crippen LogP contribution is -2.13. The molecule has 0 saturated carbocycles. The van der Waals surface area contributed by atoms with E-state index in [4.69, 9.17) is 0 Å². The molecule has 0 aliphatic heterocycles. The smallest absolute Gasteiger partial charge is 0.259 e. The maximum absolute atomic E-state index is 12.0. The molecule has 0 fully saturated rings. The molecule has 0 spiro atoms. The molecule has 0 amide bonds. The van der Waals surface area contributed by atoms with Crippen molar-refractivity contribution >= 4 is 28.4 Å². The predicted octanol–water partition coefficient (Wildman–Crippen LogP) is 2.63. The van der Waals surface area contributed by atoms with Crippen molar-refractivity contribution in [1.82, 2.24) is 14.4 Å². The Labute approximate surface area is 113 Å². The molecule has 0 unspecified atom stereocenters. The Morgan fingerprint density at radius 2 is 2.26 bits per heavy atom. The first-order valence-electron chi connectivity index (χ1n) is 5.80. The Hall–Kier alpha value is -2.27. The molecule has 0 bridgehead atoms. The maximum atomic E-state index is 12.0. The van der Waals surface area contributed by atoms with Gasteiger partial charge in [-0.1, -0.05) is 12.1 Å². The van der Waals surface area contributed by atoms with Crippen LogP contribution < -0.4 is 5.56 Å². The van der Waals surface area contributed by atoms with Crippen LogP contribution in [0.2, 0.25) is 0 Å². The molecule has 0 radical (unpaired) electrons. The number of aromatic nitrogens is 3. The lowest BCUT2D eigenvalue weighted by Gasteiger charge is -1.97. The van der Waals surface area contributed by atoms with Crippen LogP contribution in [-0.4, -0.2) is 14.4 Å². The van der Waals surface area contributed by atoms with E-state index in [1.54, 1.807) is 22.9 Å². The van der Waals surface area contributed by atoms with Gasteiger partial charge in [0.05, 0.1) is 5.69 Å². The van der Waals surface area contributed by atoms with Crippen molar-refractivity contribution in [3.05, 3.63) is 63.3 Å². The molecule has 4 nitrogen and oxygen atoms in total. The SMILES string of the molecule is Cc1csc2nc(/C=C/c3cccnc3)cc(=O)n12. The predicted molar refractivity (Wildman–Crippen MR) is 77.2 cm³/mol. The molecule has 3 heterocycles. The van der Waals surface area contributed by atoms with E-state index in [0.717, 1.165) is 16.2 Å². The molecule has 19 heavy (non-hydrogen) atoms. The van der Waals surface area contributed by atoms with E-state index in [1.807, 2.05) is 36.6 Å². The van der Waals surface area contributed by atoms with E-state index in [0.29, 0.717) is 5.69 Å². The summed E-state index contributed by atoms with van der Waals surface area (Å²) in [5.41, 5.74) is 2.51. The highest BCUT2D eigenvalue weighted by molar-refractivity contribution is 7.15. The number of hydrogen-bond acceptors (Lipinski definition) is 4. The molecule has 0 aliphatic rings. The summed E-state index contributed by atoms with van der Waals surface area (Å²) in [5.74, 6) is 0. The van der Waals surface area contributed by atoms with E-state index < -0.39 is 0 Å². The van der Waals surface area contributed by atoms with Crippen LogP contribution in [0.25, 0.3) is 17.1 Å². The number of pyridine rings is 1. The molecule has 0 atom stereocenters. The van der Waals surface area contributed by atoms with Gasteiger partial charge in [0, 0.05) is 29.5 Å². The number of nitrogens with zero attached hydrogens (tertiary/aromatic N) is 3. The largest absolute Gasteiger partial charge is 0.269 e. The highest BCUT2D eigenvalue weighted by atomic mass is 32.1. The van der Waals surface area contributed by atoms with Crippen LogP contribution in [0.5, 0.6) is 0 Å². The monoisotopic (exact) mass is 269 g/mol. The van der Waals surface area contributed by atoms with Gasteiger partial charge in [-0.25, -0.2) is 4.98 Å². The molecular formula is C14H11N3OS. The second-order valence-electron chi connectivity index (χ2n) is 4.13. The highest BCUT2D eigenvalue weighted by Crippen LogP contribution is 2.12. The molecule has 3 aromatic rings. The number of thiazole rings is 1. The van der Waals surface area contributed by atoms with Crippen LogP contribution in [0.4, 0.5) is 0 Å². The van der Waals surface area contributed by atoms with Crippen molar-refractivity contribution in [3.63, 3.8) is 0 Å². The highest BCUT2D eigenvalue weighted by Gasteiger charge is 2.04. The van der Waals surface area contributed by atoms with E-state index in [9.17, 15) is 4.79 Å². The van der Waals surface area contributed by atoms with Gasteiger partial charge in [-0.3, -0.25) is 14.2 Å². The molecule has 94 valence electrons. The molecule has 0 N–H and O–H groups in total. The van der Waals surface area contributed by atoms with Crippen LogP contribution in [0.3, 0.4) is 0 Å². The number of fused-ring (bicyclic) bond motifs is 1. The van der Waals surface area contributed by atoms with Crippen molar-refractivity contribution in [2.75, 3.05) is 0 Å². The van der Waals surface area contributed by atoms with Crippen LogP contribution in [0.15, 0.2) is 40.8 Å². The first kappa shape index (κ1) is 11.8. The fourth-order valence-corrected chi connectivity index (χ4v) is 2.69. The molecule has 0 aliphatic carbocycles. The Bertz CT molecular complexity index is 802. The zero-order valence-corrected chi connectivity index (χ0v) is 11.1. The average Bonchev–Trinajstić information content (AvgIpc) is 2.80. The second kappa shape index (κ2) is 4.78.